The SMILES string of the molecule is O=C([C@H]1CCCCN1)N1CCCC1CO. The predicted octanol–water partition coefficient (Wildman–Crippen LogP) is 0.112. The highest BCUT2D eigenvalue weighted by molar-refractivity contribution is 5.82. The molecule has 2 aliphatic rings. The quantitative estimate of drug-likeness (QED) is 0.683. The van der Waals surface area contributed by atoms with E-state index in [1.54, 1.807) is 0 Å². The van der Waals surface area contributed by atoms with Gasteiger partial charge in [-0.05, 0) is 32.2 Å². The first-order valence-electron chi connectivity index (χ1n) is 5.97. The van der Waals surface area contributed by atoms with Gasteiger partial charge in [-0.3, -0.25) is 4.79 Å². The van der Waals surface area contributed by atoms with E-state index in [1.807, 2.05) is 4.90 Å². The molecule has 2 fully saturated rings. The topological polar surface area (TPSA) is 52.6 Å². The first-order chi connectivity index (χ1) is 7.33. The fourth-order valence-electron chi connectivity index (χ4n) is 2.58. The van der Waals surface area contributed by atoms with Crippen molar-refractivity contribution in [1.29, 1.82) is 0 Å². The van der Waals surface area contributed by atoms with Crippen molar-refractivity contribution in [2.45, 2.75) is 44.2 Å². The fourth-order valence-corrected chi connectivity index (χ4v) is 2.58. The van der Waals surface area contributed by atoms with Crippen LogP contribution in [0, 0.1) is 0 Å². The van der Waals surface area contributed by atoms with Gasteiger partial charge in [-0.2, -0.15) is 0 Å². The number of carbonyl (C=O) groups excluding carboxylic acids is 1. The van der Waals surface area contributed by atoms with Crippen LogP contribution in [0.15, 0.2) is 0 Å². The molecule has 2 heterocycles. The molecule has 0 radical (unpaired) electrons. The minimum Gasteiger partial charge on any atom is -0.394 e. The number of aliphatic hydroxyl groups excluding tert-OH is 1. The van der Waals surface area contributed by atoms with Crippen molar-refractivity contribution in [3.63, 3.8) is 0 Å². The van der Waals surface area contributed by atoms with Crippen molar-refractivity contribution in [3.8, 4) is 0 Å². The number of carbonyl (C=O) groups is 1. The van der Waals surface area contributed by atoms with Gasteiger partial charge in [0.15, 0.2) is 0 Å². The summed E-state index contributed by atoms with van der Waals surface area (Å²) in [6, 6.07) is 0.0760. The molecular formula is C11H20N2O2. The van der Waals surface area contributed by atoms with Crippen molar-refractivity contribution in [2.75, 3.05) is 19.7 Å². The second-order valence-electron chi connectivity index (χ2n) is 4.51. The Balaban J connectivity index is 1.93. The molecule has 0 saturated carbocycles. The van der Waals surface area contributed by atoms with Gasteiger partial charge in [-0.1, -0.05) is 6.42 Å². The first-order valence-corrected chi connectivity index (χ1v) is 5.97. The van der Waals surface area contributed by atoms with Gasteiger partial charge in [0.2, 0.25) is 5.91 Å². The molecule has 0 aromatic heterocycles. The standard InChI is InChI=1S/C11H20N2O2/c14-8-9-4-3-7-13(9)11(15)10-5-1-2-6-12-10/h9-10,12,14H,1-8H2/t9?,10-/m1/s1. The zero-order chi connectivity index (χ0) is 10.7. The molecule has 0 aromatic rings. The van der Waals surface area contributed by atoms with E-state index in [0.29, 0.717) is 0 Å². The van der Waals surface area contributed by atoms with E-state index in [1.165, 1.54) is 6.42 Å². The Bertz CT molecular complexity index is 227. The highest BCUT2D eigenvalue weighted by Crippen LogP contribution is 2.19. The van der Waals surface area contributed by atoms with E-state index in [-0.39, 0.29) is 24.6 Å². The molecule has 15 heavy (non-hydrogen) atoms. The van der Waals surface area contributed by atoms with Gasteiger partial charge in [0.1, 0.15) is 0 Å². The Labute approximate surface area is 90.6 Å². The summed E-state index contributed by atoms with van der Waals surface area (Å²) >= 11 is 0. The van der Waals surface area contributed by atoms with Crippen LogP contribution in [0.25, 0.3) is 0 Å². The number of hydrogen-bond acceptors (Lipinski definition) is 3. The molecule has 86 valence electrons. The molecule has 0 aromatic carbocycles. The largest absolute Gasteiger partial charge is 0.394 e. The van der Waals surface area contributed by atoms with Crippen molar-refractivity contribution in [1.82, 2.24) is 10.2 Å². The Hall–Kier alpha value is -0.610. The summed E-state index contributed by atoms with van der Waals surface area (Å²) in [6.45, 7) is 1.88. The van der Waals surface area contributed by atoms with Crippen LogP contribution in [0.3, 0.4) is 0 Å². The summed E-state index contributed by atoms with van der Waals surface area (Å²) in [5.41, 5.74) is 0. The summed E-state index contributed by atoms with van der Waals surface area (Å²) in [5.74, 6) is 0.200. The average molecular weight is 212 g/mol. The molecule has 1 amide bonds. The molecule has 2 atom stereocenters. The lowest BCUT2D eigenvalue weighted by Crippen LogP contribution is -2.50. The van der Waals surface area contributed by atoms with Gasteiger partial charge >= 0.3 is 0 Å². The number of nitrogens with zero attached hydrogens (tertiary/aromatic N) is 1. The molecule has 1 unspecified atom stereocenters. The lowest BCUT2D eigenvalue weighted by Gasteiger charge is -2.30. The summed E-state index contributed by atoms with van der Waals surface area (Å²) in [4.78, 5) is 14.0. The molecule has 2 saturated heterocycles. The van der Waals surface area contributed by atoms with Gasteiger partial charge in [0, 0.05) is 6.54 Å². The van der Waals surface area contributed by atoms with E-state index in [0.717, 1.165) is 38.8 Å². The lowest BCUT2D eigenvalue weighted by atomic mass is 10.0. The van der Waals surface area contributed by atoms with E-state index in [9.17, 15) is 4.79 Å². The van der Waals surface area contributed by atoms with Crippen LogP contribution in [0.5, 0.6) is 0 Å². The number of amides is 1. The zero-order valence-corrected chi connectivity index (χ0v) is 9.11. The van der Waals surface area contributed by atoms with Crippen molar-refractivity contribution in [3.05, 3.63) is 0 Å². The Morgan fingerprint density at radius 3 is 2.87 bits per heavy atom. The summed E-state index contributed by atoms with van der Waals surface area (Å²) in [7, 11) is 0. The van der Waals surface area contributed by atoms with Crippen LogP contribution in [-0.4, -0.2) is 47.7 Å². The molecule has 0 bridgehead atoms. The molecule has 4 heteroatoms. The Morgan fingerprint density at radius 2 is 2.20 bits per heavy atom. The van der Waals surface area contributed by atoms with Gasteiger partial charge in [0.05, 0.1) is 18.7 Å². The highest BCUT2D eigenvalue weighted by Gasteiger charge is 2.32. The zero-order valence-electron chi connectivity index (χ0n) is 9.11. The minimum absolute atomic E-state index is 0.00546. The number of piperidine rings is 1. The average Bonchev–Trinajstić information content (AvgIpc) is 2.77. The van der Waals surface area contributed by atoms with Gasteiger partial charge in [0.25, 0.3) is 0 Å². The van der Waals surface area contributed by atoms with E-state index in [2.05, 4.69) is 5.32 Å². The van der Waals surface area contributed by atoms with Gasteiger partial charge < -0.3 is 15.3 Å². The predicted molar refractivity (Wildman–Crippen MR) is 57.5 cm³/mol. The number of likely N-dealkylation sites (tertiary alicyclic amines) is 1. The maximum atomic E-state index is 12.1. The van der Waals surface area contributed by atoms with Gasteiger partial charge in [-0.25, -0.2) is 0 Å². The van der Waals surface area contributed by atoms with Crippen LogP contribution in [0.2, 0.25) is 0 Å². The van der Waals surface area contributed by atoms with Crippen LogP contribution in [0.4, 0.5) is 0 Å². The Morgan fingerprint density at radius 1 is 1.33 bits per heavy atom. The first kappa shape index (κ1) is 10.9. The van der Waals surface area contributed by atoms with Crippen LogP contribution in [-0.2, 0) is 4.79 Å². The monoisotopic (exact) mass is 212 g/mol. The van der Waals surface area contributed by atoms with E-state index in [4.69, 9.17) is 5.11 Å². The second-order valence-corrected chi connectivity index (χ2v) is 4.51. The van der Waals surface area contributed by atoms with Crippen LogP contribution >= 0.6 is 0 Å². The van der Waals surface area contributed by atoms with Crippen molar-refractivity contribution < 1.29 is 9.90 Å². The van der Waals surface area contributed by atoms with Crippen molar-refractivity contribution in [2.24, 2.45) is 0 Å². The normalized spacial score (nSPS) is 31.9. The summed E-state index contributed by atoms with van der Waals surface area (Å²) in [5, 5.41) is 12.4. The maximum Gasteiger partial charge on any atom is 0.240 e. The number of rotatable bonds is 2. The molecule has 2 aliphatic heterocycles. The molecule has 2 N–H and O–H groups in total. The number of aliphatic hydroxyl groups is 1. The van der Waals surface area contributed by atoms with E-state index >= 15 is 0 Å². The third kappa shape index (κ3) is 2.32. The molecular weight excluding hydrogens is 192 g/mol. The minimum atomic E-state index is 0.00546. The summed E-state index contributed by atoms with van der Waals surface area (Å²) in [6.07, 6.45) is 5.25. The van der Waals surface area contributed by atoms with Crippen molar-refractivity contribution >= 4 is 5.91 Å². The van der Waals surface area contributed by atoms with Crippen LogP contribution < -0.4 is 5.32 Å². The second kappa shape index (κ2) is 4.94. The number of nitrogens with one attached hydrogen (secondary N) is 1. The lowest BCUT2D eigenvalue weighted by molar-refractivity contribution is -0.135. The third-order valence-electron chi connectivity index (χ3n) is 3.48. The third-order valence-corrected chi connectivity index (χ3v) is 3.48. The molecule has 2 rings (SSSR count). The highest BCUT2D eigenvalue weighted by atomic mass is 16.3. The smallest absolute Gasteiger partial charge is 0.240 e. The molecule has 0 spiro atoms. The van der Waals surface area contributed by atoms with Gasteiger partial charge in [-0.15, -0.1) is 0 Å². The molecule has 0 aliphatic carbocycles. The van der Waals surface area contributed by atoms with Crippen LogP contribution in [0.1, 0.15) is 32.1 Å². The Kier molecular flexibility index (Phi) is 3.59. The van der Waals surface area contributed by atoms with E-state index < -0.39 is 0 Å². The maximum absolute atomic E-state index is 12.1. The molecule has 4 nitrogen and oxygen atoms in total. The fraction of sp³-hybridized carbons (Fsp3) is 0.909. The summed E-state index contributed by atoms with van der Waals surface area (Å²) < 4.78 is 0. The number of hydrogen-bond donors (Lipinski definition) is 2.